The molecule has 35 heavy (non-hydrogen) atoms. The Morgan fingerprint density at radius 2 is 2.00 bits per heavy atom. The van der Waals surface area contributed by atoms with Gasteiger partial charge in [0.15, 0.2) is 5.82 Å². The largest absolute Gasteiger partial charge is 0.338 e. The van der Waals surface area contributed by atoms with Crippen molar-refractivity contribution < 1.29 is 13.7 Å². The predicted molar refractivity (Wildman–Crippen MR) is 127 cm³/mol. The molecule has 0 saturated carbocycles. The first-order chi connectivity index (χ1) is 16.5. The molecule has 0 aliphatic carbocycles. The Kier molecular flexibility index (Phi) is 6.42. The summed E-state index contributed by atoms with van der Waals surface area (Å²) in [6.07, 6.45) is 4.84. The molecule has 4 rings (SSSR count). The number of carbonyl (C=O) groups is 1. The second-order valence-electron chi connectivity index (χ2n) is 9.50. The third-order valence-corrected chi connectivity index (χ3v) is 5.54. The first kappa shape index (κ1) is 24.1. The summed E-state index contributed by atoms with van der Waals surface area (Å²) in [6.45, 7) is 9.32. The molecule has 0 saturated heterocycles. The predicted octanol–water partition coefficient (Wildman–Crippen LogP) is 4.52. The summed E-state index contributed by atoms with van der Waals surface area (Å²) in [6, 6.07) is 3.41. The average Bonchev–Trinajstić information content (AvgIpc) is 3.45. The number of ketones is 1. The summed E-state index contributed by atoms with van der Waals surface area (Å²) < 4.78 is 22.3. The molecule has 3 heterocycles. The maximum atomic E-state index is 15.4. The van der Waals surface area contributed by atoms with Crippen LogP contribution in [0.1, 0.15) is 67.7 Å². The van der Waals surface area contributed by atoms with Gasteiger partial charge in [-0.1, -0.05) is 38.9 Å². The molecule has 4 aromatic rings. The molecule has 0 amide bonds. The van der Waals surface area contributed by atoms with Gasteiger partial charge in [0, 0.05) is 25.1 Å². The Hall–Kier alpha value is -4.02. The number of nitrogens with one attached hydrogen (secondary N) is 1. The molecule has 0 fully saturated rings. The first-order valence-electron chi connectivity index (χ1n) is 11.1. The molecular formula is C24H27FN8O2. The van der Waals surface area contributed by atoms with Crippen molar-refractivity contribution in [1.82, 2.24) is 34.9 Å². The van der Waals surface area contributed by atoms with Crippen LogP contribution in [0, 0.1) is 12.7 Å². The van der Waals surface area contributed by atoms with E-state index in [2.05, 4.69) is 35.5 Å². The van der Waals surface area contributed by atoms with Gasteiger partial charge in [-0.3, -0.25) is 9.48 Å². The third-order valence-electron chi connectivity index (χ3n) is 5.54. The van der Waals surface area contributed by atoms with Gasteiger partial charge in [-0.15, -0.1) is 0 Å². The lowest BCUT2D eigenvalue weighted by atomic mass is 9.90. The molecule has 3 aromatic heterocycles. The zero-order valence-corrected chi connectivity index (χ0v) is 20.5. The van der Waals surface area contributed by atoms with E-state index in [0.717, 1.165) is 0 Å². The van der Waals surface area contributed by atoms with E-state index in [9.17, 15) is 4.79 Å². The van der Waals surface area contributed by atoms with Crippen LogP contribution in [0.25, 0.3) is 11.4 Å². The molecule has 10 nitrogen and oxygen atoms in total. The third kappa shape index (κ3) is 5.23. The van der Waals surface area contributed by atoms with Gasteiger partial charge in [0.05, 0.1) is 17.4 Å². The fraction of sp³-hybridized carbons (Fsp3) is 0.375. The molecule has 0 unspecified atom stereocenters. The summed E-state index contributed by atoms with van der Waals surface area (Å²) >= 11 is 0. The highest BCUT2D eigenvalue weighted by Gasteiger charge is 2.26. The fourth-order valence-corrected chi connectivity index (χ4v) is 3.63. The van der Waals surface area contributed by atoms with E-state index in [1.54, 1.807) is 43.2 Å². The SMILES string of the molecule is Cc1c([C@@H](C)CC(=O)c2noc(C(C)(C)C)n2)ccc(-c2ncnc(Nc3cnn(C)c3)n2)c1F. The van der Waals surface area contributed by atoms with Crippen LogP contribution in [0.3, 0.4) is 0 Å². The lowest BCUT2D eigenvalue weighted by molar-refractivity contribution is 0.0962. The number of carbonyl (C=O) groups excluding carboxylic acids is 1. The minimum atomic E-state index is -0.449. The van der Waals surface area contributed by atoms with E-state index in [0.29, 0.717) is 22.7 Å². The van der Waals surface area contributed by atoms with Crippen LogP contribution >= 0.6 is 0 Å². The van der Waals surface area contributed by atoms with Crippen LogP contribution < -0.4 is 5.32 Å². The van der Waals surface area contributed by atoms with Crippen molar-refractivity contribution in [2.45, 2.75) is 52.4 Å². The summed E-state index contributed by atoms with van der Waals surface area (Å²) in [5.41, 5.74) is 1.73. The Balaban J connectivity index is 1.53. The van der Waals surface area contributed by atoms with Crippen molar-refractivity contribution >= 4 is 17.4 Å². The molecule has 1 aromatic carbocycles. The Morgan fingerprint density at radius 3 is 2.66 bits per heavy atom. The van der Waals surface area contributed by atoms with E-state index in [4.69, 9.17) is 4.52 Å². The zero-order valence-electron chi connectivity index (χ0n) is 20.5. The van der Waals surface area contributed by atoms with Crippen LogP contribution in [-0.2, 0) is 12.5 Å². The highest BCUT2D eigenvalue weighted by atomic mass is 19.1. The second-order valence-corrected chi connectivity index (χ2v) is 9.50. The molecule has 1 atom stereocenters. The minimum Gasteiger partial charge on any atom is -0.338 e. The average molecular weight is 479 g/mol. The number of aryl methyl sites for hydroxylation is 1. The Bertz CT molecular complexity index is 1370. The van der Waals surface area contributed by atoms with E-state index in [1.807, 2.05) is 27.7 Å². The molecule has 0 aliphatic rings. The van der Waals surface area contributed by atoms with E-state index >= 15 is 4.39 Å². The summed E-state index contributed by atoms with van der Waals surface area (Å²) in [4.78, 5) is 29.5. The van der Waals surface area contributed by atoms with E-state index in [1.165, 1.54) is 6.33 Å². The van der Waals surface area contributed by atoms with Crippen LogP contribution in [0.4, 0.5) is 16.0 Å². The summed E-state index contributed by atoms with van der Waals surface area (Å²) in [5, 5.41) is 10.9. The summed E-state index contributed by atoms with van der Waals surface area (Å²) in [5.74, 6) is -0.0605. The van der Waals surface area contributed by atoms with E-state index < -0.39 is 5.82 Å². The quantitative estimate of drug-likeness (QED) is 0.382. The van der Waals surface area contributed by atoms with Gasteiger partial charge in [0.1, 0.15) is 12.1 Å². The van der Waals surface area contributed by atoms with Gasteiger partial charge >= 0.3 is 0 Å². The molecule has 182 valence electrons. The molecule has 0 spiro atoms. The monoisotopic (exact) mass is 478 g/mol. The van der Waals surface area contributed by atoms with Crippen molar-refractivity contribution in [2.75, 3.05) is 5.32 Å². The maximum Gasteiger partial charge on any atom is 0.238 e. The van der Waals surface area contributed by atoms with Crippen molar-refractivity contribution in [3.8, 4) is 11.4 Å². The number of hydrogen-bond acceptors (Lipinski definition) is 9. The first-order valence-corrected chi connectivity index (χ1v) is 11.1. The normalized spacial score (nSPS) is 12.5. The van der Waals surface area contributed by atoms with Gasteiger partial charge in [-0.25, -0.2) is 14.4 Å². The fourth-order valence-electron chi connectivity index (χ4n) is 3.63. The molecule has 0 bridgehead atoms. The van der Waals surface area contributed by atoms with Crippen LogP contribution in [0.2, 0.25) is 0 Å². The number of benzene rings is 1. The smallest absolute Gasteiger partial charge is 0.238 e. The lowest BCUT2D eigenvalue weighted by Gasteiger charge is -2.16. The van der Waals surface area contributed by atoms with Crippen molar-refractivity contribution in [1.29, 1.82) is 0 Å². The highest BCUT2D eigenvalue weighted by molar-refractivity contribution is 5.92. The van der Waals surface area contributed by atoms with Crippen molar-refractivity contribution in [2.24, 2.45) is 7.05 Å². The number of hydrogen-bond donors (Lipinski definition) is 1. The van der Waals surface area contributed by atoms with Crippen molar-refractivity contribution in [3.63, 3.8) is 0 Å². The van der Waals surface area contributed by atoms with Crippen LogP contribution in [0.15, 0.2) is 35.4 Å². The van der Waals surface area contributed by atoms with E-state index in [-0.39, 0.29) is 46.7 Å². The molecule has 0 aliphatic heterocycles. The van der Waals surface area contributed by atoms with Crippen LogP contribution in [-0.4, -0.2) is 40.7 Å². The standard InChI is InChI=1S/C24H27FN8O2/c1-13(9-18(34)21-30-22(35-32-21)24(3,4)5)16-7-8-17(19(25)14(16)2)20-26-12-27-23(31-20)29-15-10-28-33(6)11-15/h7-8,10-13H,9H2,1-6H3,(H,26,27,29,31)/t13-/m0/s1. The number of aromatic nitrogens is 7. The van der Waals surface area contributed by atoms with Gasteiger partial charge < -0.3 is 9.84 Å². The zero-order chi connectivity index (χ0) is 25.3. The molecule has 11 heteroatoms. The summed E-state index contributed by atoms with van der Waals surface area (Å²) in [7, 11) is 1.80. The van der Waals surface area contributed by atoms with Crippen molar-refractivity contribution in [3.05, 3.63) is 59.5 Å². The number of halogens is 1. The van der Waals surface area contributed by atoms with Crippen LogP contribution in [0.5, 0.6) is 0 Å². The Morgan fingerprint density at radius 1 is 1.23 bits per heavy atom. The number of Topliss-reactive ketones (excluding diaryl/α,β-unsaturated/α-hetero) is 1. The second kappa shape index (κ2) is 9.32. The lowest BCUT2D eigenvalue weighted by Crippen LogP contribution is -2.13. The Labute approximate surface area is 202 Å². The van der Waals surface area contributed by atoms with Gasteiger partial charge in [0.2, 0.25) is 23.4 Å². The maximum absolute atomic E-state index is 15.4. The molecular weight excluding hydrogens is 451 g/mol. The number of rotatable bonds is 7. The van der Waals surface area contributed by atoms with Gasteiger partial charge in [-0.2, -0.15) is 15.1 Å². The molecule has 1 N–H and O–H groups in total. The molecule has 0 radical (unpaired) electrons. The van der Waals surface area contributed by atoms with Gasteiger partial charge in [0.25, 0.3) is 0 Å². The minimum absolute atomic E-state index is 0.0374. The van der Waals surface area contributed by atoms with Gasteiger partial charge in [-0.05, 0) is 30.0 Å². The number of anilines is 2. The highest BCUT2D eigenvalue weighted by Crippen LogP contribution is 2.31. The topological polar surface area (TPSA) is 125 Å². The number of nitrogens with zero attached hydrogens (tertiary/aromatic N) is 7.